The van der Waals surface area contributed by atoms with Crippen LogP contribution < -0.4 is 0 Å². The number of hydrogen-bond acceptors (Lipinski definition) is 5. The highest BCUT2D eigenvalue weighted by Crippen LogP contribution is 2.07. The lowest BCUT2D eigenvalue weighted by molar-refractivity contribution is -0.141. The zero-order valence-corrected chi connectivity index (χ0v) is 11.2. The number of ketones is 1. The van der Waals surface area contributed by atoms with Gasteiger partial charge in [-0.3, -0.25) is 14.4 Å². The van der Waals surface area contributed by atoms with Gasteiger partial charge in [-0.05, 0) is 25.7 Å². The Balaban J connectivity index is 3.38. The first-order valence-corrected chi connectivity index (χ1v) is 6.25. The molecule has 0 saturated heterocycles. The Hall–Kier alpha value is -1.39. The molecule has 0 spiro atoms. The summed E-state index contributed by atoms with van der Waals surface area (Å²) in [5.41, 5.74) is 0. The molecule has 0 aliphatic carbocycles. The Morgan fingerprint density at radius 2 is 1.00 bits per heavy atom. The van der Waals surface area contributed by atoms with E-state index >= 15 is 0 Å². The third-order valence-electron chi connectivity index (χ3n) is 2.63. The van der Waals surface area contributed by atoms with Crippen LogP contribution in [0.3, 0.4) is 0 Å². The summed E-state index contributed by atoms with van der Waals surface area (Å²) in [5.74, 6) is -0.286. The van der Waals surface area contributed by atoms with Crippen molar-refractivity contribution in [1.82, 2.24) is 0 Å². The molecule has 0 heterocycles. The molecule has 18 heavy (non-hydrogen) atoms. The molecule has 104 valence electrons. The smallest absolute Gasteiger partial charge is 0.305 e. The van der Waals surface area contributed by atoms with Gasteiger partial charge in [0.1, 0.15) is 5.78 Å². The van der Waals surface area contributed by atoms with Gasteiger partial charge in [-0.15, -0.1) is 0 Å². The maximum absolute atomic E-state index is 11.4. The van der Waals surface area contributed by atoms with Gasteiger partial charge in [-0.25, -0.2) is 0 Å². The Bertz CT molecular complexity index is 247. The topological polar surface area (TPSA) is 69.7 Å². The molecular formula is C13H22O5. The normalized spacial score (nSPS) is 9.89. The molecule has 0 N–H and O–H groups in total. The number of unbranched alkanes of at least 4 members (excludes halogenated alkanes) is 2. The van der Waals surface area contributed by atoms with Crippen LogP contribution in [0.25, 0.3) is 0 Å². The summed E-state index contributed by atoms with van der Waals surface area (Å²) in [5, 5.41) is 0. The number of Topliss-reactive ketones (excluding diaryl/α,β-unsaturated/α-hetero) is 1. The van der Waals surface area contributed by atoms with Crippen molar-refractivity contribution in [3.63, 3.8) is 0 Å². The zero-order chi connectivity index (χ0) is 13.8. The number of methoxy groups -OCH3 is 2. The molecule has 0 aromatic heterocycles. The monoisotopic (exact) mass is 258 g/mol. The molecule has 5 nitrogen and oxygen atoms in total. The van der Waals surface area contributed by atoms with E-state index in [0.717, 1.165) is 0 Å². The standard InChI is InChI=1S/C13H22O5/c1-17-12(15)9-5-3-7-11(14)8-4-6-10-13(16)18-2/h3-10H2,1-2H3. The van der Waals surface area contributed by atoms with E-state index in [9.17, 15) is 14.4 Å². The molecule has 0 unspecified atom stereocenters. The summed E-state index contributed by atoms with van der Waals surface area (Å²) < 4.78 is 9.00. The molecular weight excluding hydrogens is 236 g/mol. The Kier molecular flexibility index (Phi) is 9.91. The first kappa shape index (κ1) is 16.6. The van der Waals surface area contributed by atoms with E-state index in [0.29, 0.717) is 51.4 Å². The first-order chi connectivity index (χ1) is 8.60. The molecule has 0 bridgehead atoms. The first-order valence-electron chi connectivity index (χ1n) is 6.25. The summed E-state index contributed by atoms with van der Waals surface area (Å²) in [6.45, 7) is 0. The molecule has 0 aromatic carbocycles. The summed E-state index contributed by atoms with van der Waals surface area (Å²) >= 11 is 0. The maximum atomic E-state index is 11.4. The minimum atomic E-state index is -0.236. The van der Waals surface area contributed by atoms with E-state index in [-0.39, 0.29) is 17.7 Å². The van der Waals surface area contributed by atoms with Crippen LogP contribution in [0.4, 0.5) is 0 Å². The molecule has 0 aliphatic heterocycles. The average molecular weight is 258 g/mol. The van der Waals surface area contributed by atoms with E-state index in [1.807, 2.05) is 0 Å². The highest BCUT2D eigenvalue weighted by molar-refractivity contribution is 5.78. The Morgan fingerprint density at radius 1 is 0.667 bits per heavy atom. The molecule has 0 rings (SSSR count). The van der Waals surface area contributed by atoms with Gasteiger partial charge in [-0.1, -0.05) is 0 Å². The lowest BCUT2D eigenvalue weighted by atomic mass is 10.1. The fourth-order valence-electron chi connectivity index (χ4n) is 1.51. The van der Waals surface area contributed by atoms with Crippen LogP contribution in [0.1, 0.15) is 51.4 Å². The highest BCUT2D eigenvalue weighted by Gasteiger charge is 2.05. The Morgan fingerprint density at radius 3 is 1.33 bits per heavy atom. The summed E-state index contributed by atoms with van der Waals surface area (Å²) in [6, 6.07) is 0. The van der Waals surface area contributed by atoms with E-state index in [2.05, 4.69) is 9.47 Å². The SMILES string of the molecule is COC(=O)CCCCC(=O)CCCCC(=O)OC. The average Bonchev–Trinajstić information content (AvgIpc) is 2.38. The van der Waals surface area contributed by atoms with Gasteiger partial charge in [0.2, 0.25) is 0 Å². The van der Waals surface area contributed by atoms with Crippen LogP contribution in [0.15, 0.2) is 0 Å². The van der Waals surface area contributed by atoms with E-state index in [1.54, 1.807) is 0 Å². The summed E-state index contributed by atoms with van der Waals surface area (Å²) in [4.78, 5) is 33.1. The van der Waals surface area contributed by atoms with Crippen LogP contribution in [-0.4, -0.2) is 31.9 Å². The van der Waals surface area contributed by atoms with Crippen molar-refractivity contribution in [3.05, 3.63) is 0 Å². The van der Waals surface area contributed by atoms with Crippen LogP contribution in [-0.2, 0) is 23.9 Å². The minimum Gasteiger partial charge on any atom is -0.469 e. The van der Waals surface area contributed by atoms with Crippen molar-refractivity contribution >= 4 is 17.7 Å². The number of ether oxygens (including phenoxy) is 2. The number of rotatable bonds is 10. The Labute approximate surface area is 108 Å². The second-order valence-electron chi connectivity index (χ2n) is 4.11. The van der Waals surface area contributed by atoms with E-state index in [1.165, 1.54) is 14.2 Å². The lowest BCUT2D eigenvalue weighted by Gasteiger charge is -2.01. The zero-order valence-electron chi connectivity index (χ0n) is 11.2. The fourth-order valence-corrected chi connectivity index (χ4v) is 1.51. The third-order valence-corrected chi connectivity index (χ3v) is 2.63. The molecule has 0 fully saturated rings. The molecule has 0 amide bonds. The number of hydrogen-bond donors (Lipinski definition) is 0. The van der Waals surface area contributed by atoms with Crippen molar-refractivity contribution in [3.8, 4) is 0 Å². The van der Waals surface area contributed by atoms with Gasteiger partial charge in [-0.2, -0.15) is 0 Å². The van der Waals surface area contributed by atoms with E-state index in [4.69, 9.17) is 0 Å². The van der Waals surface area contributed by atoms with Gasteiger partial charge in [0.05, 0.1) is 14.2 Å². The second kappa shape index (κ2) is 10.7. The van der Waals surface area contributed by atoms with Gasteiger partial charge in [0.15, 0.2) is 0 Å². The quantitative estimate of drug-likeness (QED) is 0.443. The van der Waals surface area contributed by atoms with E-state index < -0.39 is 0 Å². The number of esters is 2. The molecule has 0 saturated carbocycles. The lowest BCUT2D eigenvalue weighted by Crippen LogP contribution is -2.03. The van der Waals surface area contributed by atoms with Crippen LogP contribution in [0.2, 0.25) is 0 Å². The molecule has 5 heteroatoms. The third kappa shape index (κ3) is 9.81. The van der Waals surface area contributed by atoms with Gasteiger partial charge in [0, 0.05) is 25.7 Å². The predicted octanol–water partition coefficient (Wildman–Crippen LogP) is 2.02. The van der Waals surface area contributed by atoms with Gasteiger partial charge >= 0.3 is 11.9 Å². The van der Waals surface area contributed by atoms with Crippen molar-refractivity contribution in [1.29, 1.82) is 0 Å². The minimum absolute atomic E-state index is 0.185. The fraction of sp³-hybridized carbons (Fsp3) is 0.769. The largest absolute Gasteiger partial charge is 0.469 e. The molecule has 0 radical (unpaired) electrons. The van der Waals surface area contributed by atoms with Crippen molar-refractivity contribution in [2.24, 2.45) is 0 Å². The van der Waals surface area contributed by atoms with Crippen LogP contribution >= 0.6 is 0 Å². The van der Waals surface area contributed by atoms with Crippen molar-refractivity contribution in [2.75, 3.05) is 14.2 Å². The number of carbonyl (C=O) groups excluding carboxylic acids is 3. The highest BCUT2D eigenvalue weighted by atomic mass is 16.5. The van der Waals surface area contributed by atoms with Crippen molar-refractivity contribution in [2.45, 2.75) is 51.4 Å². The molecule has 0 aliphatic rings. The molecule has 0 aromatic rings. The second-order valence-corrected chi connectivity index (χ2v) is 4.11. The maximum Gasteiger partial charge on any atom is 0.305 e. The van der Waals surface area contributed by atoms with Crippen LogP contribution in [0.5, 0.6) is 0 Å². The molecule has 0 atom stereocenters. The van der Waals surface area contributed by atoms with Gasteiger partial charge < -0.3 is 9.47 Å². The summed E-state index contributed by atoms with van der Waals surface area (Å²) in [7, 11) is 2.71. The number of carbonyl (C=O) groups is 3. The van der Waals surface area contributed by atoms with Crippen LogP contribution in [0, 0.1) is 0 Å². The van der Waals surface area contributed by atoms with Crippen molar-refractivity contribution < 1.29 is 23.9 Å². The predicted molar refractivity (Wildman–Crippen MR) is 66.0 cm³/mol. The summed E-state index contributed by atoms with van der Waals surface area (Å²) in [6.07, 6.45) is 4.51. The van der Waals surface area contributed by atoms with Gasteiger partial charge in [0.25, 0.3) is 0 Å².